The Morgan fingerprint density at radius 3 is 2.54 bits per heavy atom. The summed E-state index contributed by atoms with van der Waals surface area (Å²) in [6.45, 7) is 2.53. The molecule has 0 N–H and O–H groups in total. The molecule has 1 aliphatic heterocycles. The van der Waals surface area contributed by atoms with E-state index in [1.165, 1.54) is 17.3 Å². The molecule has 0 bridgehead atoms. The summed E-state index contributed by atoms with van der Waals surface area (Å²) >= 11 is 13.5. The maximum atomic E-state index is 12.9. The number of hydrogen-bond donors (Lipinski definition) is 0. The number of rotatable bonds is 4. The zero-order chi connectivity index (χ0) is 19.7. The predicted molar refractivity (Wildman–Crippen MR) is 119 cm³/mol. The molecule has 140 valence electrons. The van der Waals surface area contributed by atoms with Crippen molar-refractivity contribution in [3.8, 4) is 0 Å². The smallest absolute Gasteiger partial charge is 0.200 e. The number of nitrogens with zero attached hydrogens (tertiary/aromatic N) is 2. The Labute approximate surface area is 177 Å². The van der Waals surface area contributed by atoms with E-state index in [2.05, 4.69) is 11.9 Å². The predicted octanol–water partition coefficient (Wildman–Crippen LogP) is 6.50. The third-order valence-electron chi connectivity index (χ3n) is 4.56. The van der Waals surface area contributed by atoms with E-state index in [0.29, 0.717) is 27.1 Å². The Balaban J connectivity index is 1.66. The van der Waals surface area contributed by atoms with Gasteiger partial charge in [0.2, 0.25) is 5.78 Å². The van der Waals surface area contributed by atoms with Gasteiger partial charge in [-0.05, 0) is 30.2 Å². The average Bonchev–Trinajstić information content (AvgIpc) is 2.69. The highest BCUT2D eigenvalue weighted by Gasteiger charge is 2.27. The van der Waals surface area contributed by atoms with E-state index in [1.54, 1.807) is 6.07 Å². The number of Topliss-reactive ketones (excluding diaryl/α,β-unsaturated/α-hetero) is 1. The summed E-state index contributed by atoms with van der Waals surface area (Å²) in [5, 5.41) is 1.93. The van der Waals surface area contributed by atoms with Crippen molar-refractivity contribution in [1.29, 1.82) is 0 Å². The third-order valence-corrected chi connectivity index (χ3v) is 6.38. The first-order valence-corrected chi connectivity index (χ1v) is 10.4. The third kappa shape index (κ3) is 3.72. The second-order valence-corrected chi connectivity index (χ2v) is 8.22. The minimum Gasteiger partial charge on any atom is -0.288 e. The number of aliphatic imine (C=N–C) groups is 2. The molecule has 2 aromatic rings. The Morgan fingerprint density at radius 1 is 1.07 bits per heavy atom. The van der Waals surface area contributed by atoms with Crippen molar-refractivity contribution in [1.82, 2.24) is 0 Å². The standard InChI is InChI=1S/C22H16Cl2N2OS/c1-2-14-12-26-22(14)28-20-10-19(15-5-3-4-6-16(15)21(20)27)25-11-13-7-8-17(23)18(24)9-13/h3-10,12H,2,11H2,1H3. The van der Waals surface area contributed by atoms with E-state index in [0.717, 1.165) is 28.3 Å². The first-order chi connectivity index (χ1) is 13.6. The fourth-order valence-corrected chi connectivity index (χ4v) is 4.31. The molecule has 0 amide bonds. The zero-order valence-corrected chi connectivity index (χ0v) is 17.4. The van der Waals surface area contributed by atoms with Gasteiger partial charge >= 0.3 is 0 Å². The molecule has 0 atom stereocenters. The highest BCUT2D eigenvalue weighted by atomic mass is 35.5. The topological polar surface area (TPSA) is 41.8 Å². The van der Waals surface area contributed by atoms with Gasteiger partial charge in [0.05, 0.1) is 27.2 Å². The van der Waals surface area contributed by atoms with Crippen LogP contribution >= 0.6 is 35.0 Å². The van der Waals surface area contributed by atoms with E-state index in [1.807, 2.05) is 48.7 Å². The Morgan fingerprint density at radius 2 is 1.86 bits per heavy atom. The van der Waals surface area contributed by atoms with Crippen LogP contribution in [0.25, 0.3) is 0 Å². The number of halogens is 2. The number of hydrogen-bond acceptors (Lipinski definition) is 4. The van der Waals surface area contributed by atoms with Crippen LogP contribution in [0.3, 0.4) is 0 Å². The SMILES string of the molecule is CCC1=CN=C1SC1=CC(=NCc2ccc(Cl)c(Cl)c2)c2ccccc2C1=O. The number of ketones is 1. The molecule has 1 aliphatic carbocycles. The first kappa shape index (κ1) is 19.2. The van der Waals surface area contributed by atoms with Crippen LogP contribution in [-0.4, -0.2) is 16.5 Å². The quantitative estimate of drug-likeness (QED) is 0.559. The van der Waals surface area contributed by atoms with Crippen LogP contribution in [0, 0.1) is 0 Å². The van der Waals surface area contributed by atoms with E-state index in [9.17, 15) is 4.79 Å². The second-order valence-electron chi connectivity index (χ2n) is 6.38. The first-order valence-electron chi connectivity index (χ1n) is 8.86. The molecule has 0 radical (unpaired) electrons. The van der Waals surface area contributed by atoms with Crippen LogP contribution in [0.5, 0.6) is 0 Å². The lowest BCUT2D eigenvalue weighted by Crippen LogP contribution is -2.18. The molecule has 28 heavy (non-hydrogen) atoms. The van der Waals surface area contributed by atoms with Gasteiger partial charge in [0.15, 0.2) is 0 Å². The molecule has 2 aromatic carbocycles. The van der Waals surface area contributed by atoms with Crippen LogP contribution in [0.4, 0.5) is 0 Å². The number of allylic oxidation sites excluding steroid dienone is 2. The number of carbonyl (C=O) groups excluding carboxylic acids is 1. The van der Waals surface area contributed by atoms with Gasteiger partial charge < -0.3 is 0 Å². The van der Waals surface area contributed by atoms with Crippen molar-refractivity contribution in [3.63, 3.8) is 0 Å². The van der Waals surface area contributed by atoms with Crippen molar-refractivity contribution in [2.24, 2.45) is 9.98 Å². The maximum Gasteiger partial charge on any atom is 0.200 e. The monoisotopic (exact) mass is 426 g/mol. The van der Waals surface area contributed by atoms with Crippen molar-refractivity contribution in [3.05, 3.63) is 92.0 Å². The molecule has 0 fully saturated rings. The molecule has 2 aliphatic rings. The number of benzene rings is 2. The molecule has 0 saturated carbocycles. The molecule has 3 nitrogen and oxygen atoms in total. The Kier molecular flexibility index (Phi) is 5.54. The largest absolute Gasteiger partial charge is 0.288 e. The summed E-state index contributed by atoms with van der Waals surface area (Å²) in [5.41, 5.74) is 4.43. The summed E-state index contributed by atoms with van der Waals surface area (Å²) in [6, 6.07) is 13.0. The molecular weight excluding hydrogens is 411 g/mol. The van der Waals surface area contributed by atoms with Gasteiger partial charge in [0.1, 0.15) is 5.04 Å². The molecular formula is C22H16Cl2N2OS. The van der Waals surface area contributed by atoms with E-state index >= 15 is 0 Å². The molecule has 6 heteroatoms. The van der Waals surface area contributed by atoms with Crippen LogP contribution in [0.15, 0.2) is 75.2 Å². The fraction of sp³-hybridized carbons (Fsp3) is 0.136. The minimum absolute atomic E-state index is 0.0131. The summed E-state index contributed by atoms with van der Waals surface area (Å²) < 4.78 is 0. The van der Waals surface area contributed by atoms with E-state index < -0.39 is 0 Å². The molecule has 0 spiro atoms. The van der Waals surface area contributed by atoms with Crippen LogP contribution in [-0.2, 0) is 6.54 Å². The summed E-state index contributed by atoms with van der Waals surface area (Å²) in [4.78, 5) is 22.6. The van der Waals surface area contributed by atoms with Gasteiger partial charge in [-0.25, -0.2) is 4.99 Å². The molecule has 0 aromatic heterocycles. The Bertz CT molecular complexity index is 1100. The summed E-state index contributed by atoms with van der Waals surface area (Å²) in [5.74, 6) is 0.0131. The van der Waals surface area contributed by atoms with Crippen LogP contribution in [0.1, 0.15) is 34.8 Å². The van der Waals surface area contributed by atoms with Crippen LogP contribution < -0.4 is 0 Å². The fourth-order valence-electron chi connectivity index (χ4n) is 2.97. The van der Waals surface area contributed by atoms with E-state index in [-0.39, 0.29) is 5.78 Å². The normalized spacial score (nSPS) is 16.9. The van der Waals surface area contributed by atoms with Gasteiger partial charge in [-0.1, -0.05) is 72.2 Å². The minimum atomic E-state index is 0.0131. The maximum absolute atomic E-state index is 12.9. The van der Waals surface area contributed by atoms with E-state index in [4.69, 9.17) is 28.2 Å². The van der Waals surface area contributed by atoms with Crippen molar-refractivity contribution in [2.45, 2.75) is 19.9 Å². The van der Waals surface area contributed by atoms with Gasteiger partial charge in [-0.3, -0.25) is 9.79 Å². The Hall–Kier alpha value is -2.14. The van der Waals surface area contributed by atoms with Crippen molar-refractivity contribution < 1.29 is 4.79 Å². The summed E-state index contributed by atoms with van der Waals surface area (Å²) in [7, 11) is 0. The zero-order valence-electron chi connectivity index (χ0n) is 15.1. The highest BCUT2D eigenvalue weighted by molar-refractivity contribution is 8.18. The lowest BCUT2D eigenvalue weighted by Gasteiger charge is -2.20. The van der Waals surface area contributed by atoms with Crippen LogP contribution in [0.2, 0.25) is 10.0 Å². The molecule has 4 rings (SSSR count). The summed E-state index contributed by atoms with van der Waals surface area (Å²) in [6.07, 6.45) is 4.62. The lowest BCUT2D eigenvalue weighted by molar-refractivity contribution is 0.104. The van der Waals surface area contributed by atoms with Gasteiger partial charge in [0, 0.05) is 22.9 Å². The van der Waals surface area contributed by atoms with Gasteiger partial charge in [0.25, 0.3) is 0 Å². The lowest BCUT2D eigenvalue weighted by atomic mass is 9.94. The second kappa shape index (κ2) is 8.08. The van der Waals surface area contributed by atoms with Crippen molar-refractivity contribution in [2.75, 3.05) is 0 Å². The number of thioether (sulfide) groups is 1. The number of carbonyl (C=O) groups is 1. The molecule has 0 saturated heterocycles. The number of fused-ring (bicyclic) bond motifs is 1. The van der Waals surface area contributed by atoms with Gasteiger partial charge in [-0.15, -0.1) is 0 Å². The van der Waals surface area contributed by atoms with Gasteiger partial charge in [-0.2, -0.15) is 0 Å². The molecule has 1 heterocycles. The average molecular weight is 427 g/mol. The van der Waals surface area contributed by atoms with Crippen molar-refractivity contribution >= 4 is 51.5 Å². The highest BCUT2D eigenvalue weighted by Crippen LogP contribution is 2.34. The molecule has 0 unspecified atom stereocenters.